The molecule has 1 unspecified atom stereocenters. The molecule has 1 atom stereocenters. The van der Waals surface area contributed by atoms with Gasteiger partial charge in [-0.25, -0.2) is 0 Å². The number of halogens is 1. The minimum absolute atomic E-state index is 0.564. The molecule has 0 aliphatic rings. The number of likely N-dealkylation sites (N-methyl/N-ethyl adjacent to an activating group) is 1. The highest BCUT2D eigenvalue weighted by Gasteiger charge is 2.35. The molecule has 0 saturated heterocycles. The zero-order valence-corrected chi connectivity index (χ0v) is 13.4. The van der Waals surface area contributed by atoms with E-state index in [4.69, 9.17) is 11.6 Å². The van der Waals surface area contributed by atoms with E-state index in [1.54, 1.807) is 0 Å². The van der Waals surface area contributed by atoms with Crippen LogP contribution in [0.15, 0.2) is 0 Å². The summed E-state index contributed by atoms with van der Waals surface area (Å²) in [5, 5.41) is 17.6. The molecule has 0 amide bonds. The van der Waals surface area contributed by atoms with Gasteiger partial charge in [0.15, 0.2) is 0 Å². The zero-order chi connectivity index (χ0) is 15.3. The summed E-state index contributed by atoms with van der Waals surface area (Å²) in [6, 6.07) is 0. The van der Waals surface area contributed by atoms with Crippen LogP contribution in [0.1, 0.15) is 44.5 Å². The minimum Gasteiger partial charge on any atom is -0.480 e. The van der Waals surface area contributed by atoms with Crippen molar-refractivity contribution in [2.45, 2.75) is 59.0 Å². The predicted octanol–water partition coefficient (Wildman–Crippen LogP) is 2.78. The molecule has 20 heavy (non-hydrogen) atoms. The smallest absolute Gasteiger partial charge is 0.323 e. The van der Waals surface area contributed by atoms with E-state index in [9.17, 15) is 9.90 Å². The van der Waals surface area contributed by atoms with Crippen LogP contribution in [0.3, 0.4) is 0 Å². The summed E-state index contributed by atoms with van der Waals surface area (Å²) in [5.74, 6) is -0.784. The van der Waals surface area contributed by atoms with Crippen molar-refractivity contribution >= 4 is 17.6 Å². The second kappa shape index (κ2) is 7.09. The fraction of sp³-hybridized carbons (Fsp3) is 0.714. The number of carboxylic acids is 1. The predicted molar refractivity (Wildman–Crippen MR) is 80.3 cm³/mol. The van der Waals surface area contributed by atoms with Crippen molar-refractivity contribution in [3.05, 3.63) is 16.4 Å². The van der Waals surface area contributed by atoms with E-state index in [1.807, 2.05) is 32.4 Å². The second-order valence-corrected chi connectivity index (χ2v) is 5.46. The van der Waals surface area contributed by atoms with Crippen molar-refractivity contribution in [2.75, 3.05) is 6.54 Å². The second-order valence-electron chi connectivity index (χ2n) is 5.08. The number of hydrogen-bond acceptors (Lipinski definition) is 3. The number of nitrogens with zero attached hydrogens (tertiary/aromatic N) is 2. The lowest BCUT2D eigenvalue weighted by molar-refractivity contribution is -0.145. The zero-order valence-electron chi connectivity index (χ0n) is 12.7. The molecule has 0 aliphatic carbocycles. The maximum Gasteiger partial charge on any atom is 0.323 e. The Morgan fingerprint density at radius 3 is 2.50 bits per heavy atom. The van der Waals surface area contributed by atoms with Gasteiger partial charge in [0.2, 0.25) is 0 Å². The first-order valence-corrected chi connectivity index (χ1v) is 7.43. The Balaban J connectivity index is 2.69. The first-order valence-electron chi connectivity index (χ1n) is 7.06. The molecule has 0 aromatic carbocycles. The lowest BCUT2D eigenvalue weighted by Gasteiger charge is -2.29. The fourth-order valence-corrected chi connectivity index (χ4v) is 2.62. The number of hydrogen-bond donors (Lipinski definition) is 2. The topological polar surface area (TPSA) is 67.2 Å². The van der Waals surface area contributed by atoms with Crippen molar-refractivity contribution in [3.8, 4) is 0 Å². The van der Waals surface area contributed by atoms with Crippen LogP contribution in [0.4, 0.5) is 0 Å². The Kier molecular flexibility index (Phi) is 6.02. The van der Waals surface area contributed by atoms with Crippen LogP contribution in [0.2, 0.25) is 5.02 Å². The summed E-state index contributed by atoms with van der Waals surface area (Å²) >= 11 is 6.10. The van der Waals surface area contributed by atoms with Gasteiger partial charge < -0.3 is 10.4 Å². The molecular formula is C14H24ClN3O2. The first-order chi connectivity index (χ1) is 9.38. The van der Waals surface area contributed by atoms with Crippen LogP contribution in [-0.4, -0.2) is 32.9 Å². The Hall–Kier alpha value is -1.07. The standard InChI is InChI=1S/C14H24ClN3O2/c1-5-14(13(19)20,16-6-2)8-7-9-18-11(4)12(15)10(3)17-18/h16H,5-9H2,1-4H3,(H,19,20). The third-order valence-corrected chi connectivity index (χ3v) is 4.34. The minimum atomic E-state index is -0.839. The number of rotatable bonds is 8. The average Bonchev–Trinajstić information content (AvgIpc) is 2.65. The monoisotopic (exact) mass is 301 g/mol. The molecule has 1 aromatic rings. The van der Waals surface area contributed by atoms with Crippen LogP contribution in [-0.2, 0) is 11.3 Å². The van der Waals surface area contributed by atoms with Gasteiger partial charge in [-0.15, -0.1) is 0 Å². The van der Waals surface area contributed by atoms with Crippen LogP contribution >= 0.6 is 11.6 Å². The number of carboxylic acid groups (broad SMARTS) is 1. The summed E-state index contributed by atoms with van der Waals surface area (Å²) < 4.78 is 1.85. The van der Waals surface area contributed by atoms with Gasteiger partial charge in [-0.2, -0.15) is 5.10 Å². The highest BCUT2D eigenvalue weighted by molar-refractivity contribution is 6.31. The van der Waals surface area contributed by atoms with Crippen molar-refractivity contribution in [2.24, 2.45) is 0 Å². The van der Waals surface area contributed by atoms with Gasteiger partial charge >= 0.3 is 5.97 Å². The van der Waals surface area contributed by atoms with Gasteiger partial charge in [0.1, 0.15) is 5.54 Å². The highest BCUT2D eigenvalue weighted by atomic mass is 35.5. The summed E-state index contributed by atoms with van der Waals surface area (Å²) in [4.78, 5) is 11.5. The Morgan fingerprint density at radius 1 is 1.45 bits per heavy atom. The van der Waals surface area contributed by atoms with E-state index < -0.39 is 11.5 Å². The lowest BCUT2D eigenvalue weighted by Crippen LogP contribution is -2.51. The van der Waals surface area contributed by atoms with E-state index in [0.29, 0.717) is 31.0 Å². The molecule has 1 rings (SSSR count). The van der Waals surface area contributed by atoms with E-state index in [2.05, 4.69) is 10.4 Å². The fourth-order valence-electron chi connectivity index (χ4n) is 2.49. The van der Waals surface area contributed by atoms with Gasteiger partial charge in [0, 0.05) is 6.54 Å². The highest BCUT2D eigenvalue weighted by Crippen LogP contribution is 2.22. The molecule has 0 fully saturated rings. The lowest BCUT2D eigenvalue weighted by atomic mass is 9.90. The first kappa shape index (κ1) is 17.0. The average molecular weight is 302 g/mol. The quantitative estimate of drug-likeness (QED) is 0.775. The normalized spacial score (nSPS) is 14.2. The van der Waals surface area contributed by atoms with E-state index in [-0.39, 0.29) is 0 Å². The summed E-state index contributed by atoms with van der Waals surface area (Å²) in [7, 11) is 0. The number of aryl methyl sites for hydroxylation is 2. The van der Waals surface area contributed by atoms with Gasteiger partial charge in [-0.1, -0.05) is 25.4 Å². The molecule has 114 valence electrons. The largest absolute Gasteiger partial charge is 0.480 e. The number of aromatic nitrogens is 2. The Morgan fingerprint density at radius 2 is 2.10 bits per heavy atom. The van der Waals surface area contributed by atoms with E-state index >= 15 is 0 Å². The van der Waals surface area contributed by atoms with E-state index in [0.717, 1.165) is 17.8 Å². The van der Waals surface area contributed by atoms with Crippen molar-refractivity contribution in [3.63, 3.8) is 0 Å². The third kappa shape index (κ3) is 3.52. The molecule has 0 saturated carbocycles. The van der Waals surface area contributed by atoms with Crippen LogP contribution in [0, 0.1) is 13.8 Å². The van der Waals surface area contributed by atoms with Crippen molar-refractivity contribution in [1.29, 1.82) is 0 Å². The van der Waals surface area contributed by atoms with Gasteiger partial charge in [-0.3, -0.25) is 9.48 Å². The Labute approximate surface area is 125 Å². The SMILES string of the molecule is CCNC(CC)(CCCn1nc(C)c(Cl)c1C)C(=O)O. The third-order valence-electron chi connectivity index (χ3n) is 3.79. The molecule has 0 aliphatic heterocycles. The molecule has 0 radical (unpaired) electrons. The Bertz CT molecular complexity index is 473. The number of aliphatic carboxylic acids is 1. The van der Waals surface area contributed by atoms with E-state index in [1.165, 1.54) is 0 Å². The van der Waals surface area contributed by atoms with Crippen LogP contribution < -0.4 is 5.32 Å². The maximum absolute atomic E-state index is 11.5. The summed E-state index contributed by atoms with van der Waals surface area (Å²) in [6.45, 7) is 8.95. The van der Waals surface area contributed by atoms with Gasteiger partial charge in [-0.05, 0) is 39.7 Å². The molecule has 5 nitrogen and oxygen atoms in total. The number of nitrogens with one attached hydrogen (secondary N) is 1. The molecule has 2 N–H and O–H groups in total. The van der Waals surface area contributed by atoms with Crippen LogP contribution in [0.25, 0.3) is 0 Å². The van der Waals surface area contributed by atoms with Crippen molar-refractivity contribution < 1.29 is 9.90 Å². The molecule has 1 aromatic heterocycles. The van der Waals surface area contributed by atoms with Gasteiger partial charge in [0.25, 0.3) is 0 Å². The van der Waals surface area contributed by atoms with Gasteiger partial charge in [0.05, 0.1) is 16.4 Å². The maximum atomic E-state index is 11.5. The molecule has 1 heterocycles. The molecular weight excluding hydrogens is 278 g/mol. The molecule has 0 spiro atoms. The summed E-state index contributed by atoms with van der Waals surface area (Å²) in [5.41, 5.74) is 0.912. The van der Waals surface area contributed by atoms with Crippen molar-refractivity contribution in [1.82, 2.24) is 15.1 Å². The number of carbonyl (C=O) groups is 1. The summed E-state index contributed by atoms with van der Waals surface area (Å²) in [6.07, 6.45) is 1.88. The van der Waals surface area contributed by atoms with Crippen LogP contribution in [0.5, 0.6) is 0 Å². The molecule has 6 heteroatoms. The molecule has 0 bridgehead atoms.